The lowest BCUT2D eigenvalue weighted by molar-refractivity contribution is -0.116. The summed E-state index contributed by atoms with van der Waals surface area (Å²) in [6, 6.07) is 15.6. The molecule has 0 spiro atoms. The number of amides is 1. The number of carbonyl (C=O) groups is 1. The van der Waals surface area contributed by atoms with Crippen molar-refractivity contribution < 1.29 is 14.3 Å². The third-order valence-corrected chi connectivity index (χ3v) is 3.94. The topological polar surface area (TPSA) is 47.6 Å². The van der Waals surface area contributed by atoms with Gasteiger partial charge in [-0.15, -0.1) is 0 Å². The van der Waals surface area contributed by atoms with Crippen LogP contribution in [0.15, 0.2) is 54.6 Å². The van der Waals surface area contributed by atoms with E-state index in [2.05, 4.69) is 38.2 Å². The zero-order valence-corrected chi connectivity index (χ0v) is 15.9. The Kier molecular flexibility index (Phi) is 6.84. The van der Waals surface area contributed by atoms with Gasteiger partial charge in [0.1, 0.15) is 18.1 Å². The van der Waals surface area contributed by atoms with E-state index in [9.17, 15) is 4.79 Å². The van der Waals surface area contributed by atoms with Gasteiger partial charge in [0.2, 0.25) is 5.91 Å². The van der Waals surface area contributed by atoms with Crippen LogP contribution >= 0.6 is 0 Å². The highest BCUT2D eigenvalue weighted by molar-refractivity contribution is 5.92. The highest BCUT2D eigenvalue weighted by Gasteiger charge is 2.12. The van der Waals surface area contributed by atoms with Gasteiger partial charge in [0.05, 0.1) is 13.7 Å². The summed E-state index contributed by atoms with van der Waals surface area (Å²) in [5.41, 5.74) is 2.25. The van der Waals surface area contributed by atoms with Gasteiger partial charge in [-0.25, -0.2) is 0 Å². The van der Waals surface area contributed by atoms with Crippen molar-refractivity contribution in [2.24, 2.45) is 0 Å². The Morgan fingerprint density at radius 3 is 2.42 bits per heavy atom. The number of carbonyl (C=O) groups excluding carboxylic acids is 1. The van der Waals surface area contributed by atoms with Gasteiger partial charge < -0.3 is 14.8 Å². The van der Waals surface area contributed by atoms with E-state index in [0.717, 1.165) is 17.1 Å². The van der Waals surface area contributed by atoms with Crippen molar-refractivity contribution in [2.45, 2.75) is 26.2 Å². The third-order valence-electron chi connectivity index (χ3n) is 3.94. The van der Waals surface area contributed by atoms with Crippen LogP contribution in [0.3, 0.4) is 0 Å². The molecular formula is C22H27NO3. The maximum Gasteiger partial charge on any atom is 0.244 e. The molecule has 0 fully saturated rings. The maximum atomic E-state index is 11.9. The number of benzene rings is 2. The first kappa shape index (κ1) is 19.6. The zero-order valence-electron chi connectivity index (χ0n) is 15.9. The number of nitrogens with one attached hydrogen (secondary N) is 1. The second-order valence-corrected chi connectivity index (χ2v) is 6.99. The summed E-state index contributed by atoms with van der Waals surface area (Å²) in [6.07, 6.45) is 3.23. The Balaban J connectivity index is 1.75. The largest absolute Gasteiger partial charge is 0.496 e. The third kappa shape index (κ3) is 5.96. The lowest BCUT2D eigenvalue weighted by Gasteiger charge is -2.19. The van der Waals surface area contributed by atoms with E-state index < -0.39 is 0 Å². The molecule has 0 aliphatic rings. The number of hydrogen-bond donors (Lipinski definition) is 1. The molecule has 0 atom stereocenters. The summed E-state index contributed by atoms with van der Waals surface area (Å²) in [5.74, 6) is 1.37. The van der Waals surface area contributed by atoms with Crippen molar-refractivity contribution in [2.75, 3.05) is 20.3 Å². The lowest BCUT2D eigenvalue weighted by Crippen LogP contribution is -2.26. The van der Waals surface area contributed by atoms with E-state index in [1.165, 1.54) is 11.6 Å². The quantitative estimate of drug-likeness (QED) is 0.599. The molecule has 2 rings (SSSR count). The molecule has 0 saturated carbocycles. The minimum atomic E-state index is -0.164. The molecule has 2 aromatic rings. The van der Waals surface area contributed by atoms with Crippen LogP contribution in [0, 0.1) is 0 Å². The van der Waals surface area contributed by atoms with Gasteiger partial charge >= 0.3 is 0 Å². The Bertz CT molecular complexity index is 743. The van der Waals surface area contributed by atoms with Crippen molar-refractivity contribution in [3.63, 3.8) is 0 Å². The Morgan fingerprint density at radius 2 is 1.77 bits per heavy atom. The van der Waals surface area contributed by atoms with Gasteiger partial charge in [0, 0.05) is 11.6 Å². The van der Waals surface area contributed by atoms with Crippen LogP contribution in [0.1, 0.15) is 31.9 Å². The summed E-state index contributed by atoms with van der Waals surface area (Å²) in [5, 5.41) is 2.80. The molecule has 138 valence electrons. The van der Waals surface area contributed by atoms with Crippen molar-refractivity contribution in [1.82, 2.24) is 5.32 Å². The van der Waals surface area contributed by atoms with E-state index in [1.54, 1.807) is 13.2 Å². The average molecular weight is 353 g/mol. The molecule has 0 aliphatic heterocycles. The van der Waals surface area contributed by atoms with E-state index in [1.807, 2.05) is 36.4 Å². The second kappa shape index (κ2) is 9.09. The minimum absolute atomic E-state index is 0.125. The number of rotatable bonds is 7. The number of hydrogen-bond acceptors (Lipinski definition) is 3. The van der Waals surface area contributed by atoms with Gasteiger partial charge in [-0.2, -0.15) is 0 Å². The van der Waals surface area contributed by atoms with Gasteiger partial charge in [0.15, 0.2) is 0 Å². The standard InChI is InChI=1S/C22H27NO3/c1-22(2,3)18-10-12-19(13-11-18)26-16-15-23-21(24)14-9-17-7-5-6-8-20(17)25-4/h5-14H,15-16H2,1-4H3,(H,23,24)/b14-9+. The molecule has 26 heavy (non-hydrogen) atoms. The average Bonchev–Trinajstić information content (AvgIpc) is 2.63. The molecule has 0 aliphatic carbocycles. The van der Waals surface area contributed by atoms with Crippen LogP contribution in [-0.2, 0) is 10.2 Å². The molecule has 0 unspecified atom stereocenters. The zero-order chi connectivity index (χ0) is 19.0. The molecule has 0 heterocycles. The van der Waals surface area contributed by atoms with E-state index in [4.69, 9.17) is 9.47 Å². The summed E-state index contributed by atoms with van der Waals surface area (Å²) >= 11 is 0. The van der Waals surface area contributed by atoms with Crippen LogP contribution in [-0.4, -0.2) is 26.2 Å². The van der Waals surface area contributed by atoms with Crippen molar-refractivity contribution >= 4 is 12.0 Å². The van der Waals surface area contributed by atoms with Crippen molar-refractivity contribution in [1.29, 1.82) is 0 Å². The predicted molar refractivity (Wildman–Crippen MR) is 106 cm³/mol. The molecule has 2 aromatic carbocycles. The lowest BCUT2D eigenvalue weighted by atomic mass is 9.87. The monoisotopic (exact) mass is 353 g/mol. The molecule has 0 radical (unpaired) electrons. The summed E-state index contributed by atoms with van der Waals surface area (Å²) in [4.78, 5) is 11.9. The molecular weight excluding hydrogens is 326 g/mol. The van der Waals surface area contributed by atoms with E-state index in [0.29, 0.717) is 13.2 Å². The van der Waals surface area contributed by atoms with Crippen molar-refractivity contribution in [3.8, 4) is 11.5 Å². The molecule has 0 bridgehead atoms. The Labute approximate surface area is 155 Å². The SMILES string of the molecule is COc1ccccc1/C=C/C(=O)NCCOc1ccc(C(C)(C)C)cc1. The minimum Gasteiger partial charge on any atom is -0.496 e. The van der Waals surface area contributed by atoms with Crippen LogP contribution in [0.2, 0.25) is 0 Å². The highest BCUT2D eigenvalue weighted by atomic mass is 16.5. The smallest absolute Gasteiger partial charge is 0.244 e. The molecule has 4 heteroatoms. The highest BCUT2D eigenvalue weighted by Crippen LogP contribution is 2.24. The molecule has 0 saturated heterocycles. The van der Waals surface area contributed by atoms with Crippen molar-refractivity contribution in [3.05, 3.63) is 65.7 Å². The van der Waals surface area contributed by atoms with Crippen LogP contribution in [0.4, 0.5) is 0 Å². The first-order valence-corrected chi connectivity index (χ1v) is 8.72. The fourth-order valence-corrected chi connectivity index (χ4v) is 2.42. The van der Waals surface area contributed by atoms with E-state index >= 15 is 0 Å². The molecule has 0 aromatic heterocycles. The molecule has 1 amide bonds. The van der Waals surface area contributed by atoms with Gasteiger partial charge in [-0.05, 0) is 35.3 Å². The first-order chi connectivity index (χ1) is 12.4. The summed E-state index contributed by atoms with van der Waals surface area (Å²) in [7, 11) is 1.61. The van der Waals surface area contributed by atoms with Crippen LogP contribution in [0.5, 0.6) is 11.5 Å². The predicted octanol–water partition coefficient (Wildman–Crippen LogP) is 4.20. The fraction of sp³-hybridized carbons (Fsp3) is 0.318. The normalized spacial score (nSPS) is 11.4. The number of ether oxygens (including phenoxy) is 2. The van der Waals surface area contributed by atoms with Crippen LogP contribution in [0.25, 0.3) is 6.08 Å². The number of para-hydroxylation sites is 1. The Morgan fingerprint density at radius 1 is 1.08 bits per heavy atom. The van der Waals surface area contributed by atoms with Crippen LogP contribution < -0.4 is 14.8 Å². The summed E-state index contributed by atoms with van der Waals surface area (Å²) < 4.78 is 10.9. The Hall–Kier alpha value is -2.75. The fourth-order valence-electron chi connectivity index (χ4n) is 2.42. The van der Waals surface area contributed by atoms with Gasteiger partial charge in [0.25, 0.3) is 0 Å². The number of methoxy groups -OCH3 is 1. The first-order valence-electron chi connectivity index (χ1n) is 8.72. The second-order valence-electron chi connectivity index (χ2n) is 6.99. The van der Waals surface area contributed by atoms with E-state index in [-0.39, 0.29) is 11.3 Å². The molecule has 1 N–H and O–H groups in total. The summed E-state index contributed by atoms with van der Waals surface area (Å²) in [6.45, 7) is 7.39. The van der Waals surface area contributed by atoms with Gasteiger partial charge in [-0.1, -0.05) is 51.1 Å². The maximum absolute atomic E-state index is 11.9. The van der Waals surface area contributed by atoms with Gasteiger partial charge in [-0.3, -0.25) is 4.79 Å². The molecule has 4 nitrogen and oxygen atoms in total.